The zero-order valence-corrected chi connectivity index (χ0v) is 11.1. The molecular formula is C13H19N3O3. The molecule has 0 aromatic heterocycles. The molecule has 1 rings (SSSR count). The highest BCUT2D eigenvalue weighted by molar-refractivity contribution is 5.83. The maximum absolute atomic E-state index is 11.6. The minimum Gasteiger partial charge on any atom is -0.465 e. The van der Waals surface area contributed by atoms with Crippen molar-refractivity contribution in [1.82, 2.24) is 10.2 Å². The summed E-state index contributed by atoms with van der Waals surface area (Å²) in [4.78, 5) is 24.0. The molecule has 0 fully saturated rings. The van der Waals surface area contributed by atoms with Crippen molar-refractivity contribution in [2.45, 2.75) is 6.42 Å². The molecule has 0 aliphatic rings. The normalized spacial score (nSPS) is 10.3. The predicted octanol–water partition coefficient (Wildman–Crippen LogP) is 0.997. The van der Waals surface area contributed by atoms with E-state index in [0.29, 0.717) is 18.7 Å². The maximum atomic E-state index is 11.6. The molecule has 0 saturated carbocycles. The van der Waals surface area contributed by atoms with Crippen LogP contribution in [0.25, 0.3) is 0 Å². The second-order valence-electron chi connectivity index (χ2n) is 4.46. The van der Waals surface area contributed by atoms with E-state index in [1.54, 1.807) is 24.3 Å². The first-order valence-corrected chi connectivity index (χ1v) is 5.97. The molecule has 19 heavy (non-hydrogen) atoms. The lowest BCUT2D eigenvalue weighted by molar-refractivity contribution is -0.120. The summed E-state index contributed by atoms with van der Waals surface area (Å²) in [6.45, 7) is 1.41. The van der Waals surface area contributed by atoms with Gasteiger partial charge in [0, 0.05) is 18.8 Å². The second kappa shape index (κ2) is 7.38. The molecule has 0 unspecified atom stereocenters. The standard InChI is InChI=1S/C13H19N3O3/c1-16(2)8-7-14-12(17)9-10-3-5-11(6-4-10)15-13(18)19/h3-6,15H,7-9H2,1-2H3,(H,14,17)(H,18,19). The molecule has 104 valence electrons. The van der Waals surface area contributed by atoms with Gasteiger partial charge in [0.1, 0.15) is 0 Å². The van der Waals surface area contributed by atoms with Crippen molar-refractivity contribution in [3.63, 3.8) is 0 Å². The Bertz CT molecular complexity index is 429. The van der Waals surface area contributed by atoms with Crippen molar-refractivity contribution in [2.75, 3.05) is 32.5 Å². The number of likely N-dealkylation sites (N-methyl/N-ethyl adjacent to an activating group) is 1. The molecule has 0 heterocycles. The van der Waals surface area contributed by atoms with Crippen LogP contribution < -0.4 is 10.6 Å². The first-order chi connectivity index (χ1) is 8.97. The largest absolute Gasteiger partial charge is 0.465 e. The number of rotatable bonds is 6. The molecule has 6 heteroatoms. The first kappa shape index (κ1) is 15.0. The number of nitrogens with zero attached hydrogens (tertiary/aromatic N) is 1. The lowest BCUT2D eigenvalue weighted by Gasteiger charge is -2.10. The van der Waals surface area contributed by atoms with E-state index in [9.17, 15) is 9.59 Å². The average molecular weight is 265 g/mol. The summed E-state index contributed by atoms with van der Waals surface area (Å²) in [6, 6.07) is 6.74. The van der Waals surface area contributed by atoms with Gasteiger partial charge in [0.25, 0.3) is 0 Å². The number of anilines is 1. The Morgan fingerprint density at radius 3 is 2.37 bits per heavy atom. The third kappa shape index (κ3) is 6.42. The van der Waals surface area contributed by atoms with E-state index in [-0.39, 0.29) is 5.91 Å². The molecule has 1 aromatic carbocycles. The molecular weight excluding hydrogens is 246 g/mol. The lowest BCUT2D eigenvalue weighted by Crippen LogP contribution is -2.32. The van der Waals surface area contributed by atoms with Crippen molar-refractivity contribution >= 4 is 17.7 Å². The molecule has 2 amide bonds. The van der Waals surface area contributed by atoms with E-state index in [0.717, 1.165) is 12.1 Å². The summed E-state index contributed by atoms with van der Waals surface area (Å²) in [5.74, 6) is -0.0409. The Morgan fingerprint density at radius 1 is 1.21 bits per heavy atom. The van der Waals surface area contributed by atoms with Gasteiger partial charge in [-0.25, -0.2) is 4.79 Å². The summed E-state index contributed by atoms with van der Waals surface area (Å²) in [5, 5.41) is 13.6. The first-order valence-electron chi connectivity index (χ1n) is 5.97. The van der Waals surface area contributed by atoms with Crippen LogP contribution in [0.3, 0.4) is 0 Å². The van der Waals surface area contributed by atoms with Crippen LogP contribution in [0.4, 0.5) is 10.5 Å². The zero-order chi connectivity index (χ0) is 14.3. The van der Waals surface area contributed by atoms with Gasteiger partial charge in [-0.05, 0) is 31.8 Å². The van der Waals surface area contributed by atoms with Gasteiger partial charge in [-0.2, -0.15) is 0 Å². The fraction of sp³-hybridized carbons (Fsp3) is 0.385. The Morgan fingerprint density at radius 2 is 1.84 bits per heavy atom. The van der Waals surface area contributed by atoms with Crippen LogP contribution in [0, 0.1) is 0 Å². The molecule has 0 aliphatic heterocycles. The minimum atomic E-state index is -1.10. The Kier molecular flexibility index (Phi) is 5.81. The summed E-state index contributed by atoms with van der Waals surface area (Å²) in [7, 11) is 3.89. The van der Waals surface area contributed by atoms with Crippen molar-refractivity contribution in [2.24, 2.45) is 0 Å². The number of carboxylic acid groups (broad SMARTS) is 1. The van der Waals surface area contributed by atoms with Crippen molar-refractivity contribution in [1.29, 1.82) is 0 Å². The quantitative estimate of drug-likeness (QED) is 0.716. The third-order valence-corrected chi connectivity index (χ3v) is 2.45. The highest BCUT2D eigenvalue weighted by atomic mass is 16.4. The van der Waals surface area contributed by atoms with E-state index in [4.69, 9.17) is 5.11 Å². The van der Waals surface area contributed by atoms with Gasteiger partial charge in [0.2, 0.25) is 5.91 Å². The van der Waals surface area contributed by atoms with Gasteiger partial charge >= 0.3 is 6.09 Å². The van der Waals surface area contributed by atoms with Crippen molar-refractivity contribution in [3.05, 3.63) is 29.8 Å². The summed E-state index contributed by atoms with van der Waals surface area (Å²) >= 11 is 0. The minimum absolute atomic E-state index is 0.0409. The summed E-state index contributed by atoms with van der Waals surface area (Å²) in [5.41, 5.74) is 1.34. The SMILES string of the molecule is CN(C)CCNC(=O)Cc1ccc(NC(=O)O)cc1. The Labute approximate surface area is 112 Å². The number of carbonyl (C=O) groups excluding carboxylic acids is 1. The zero-order valence-electron chi connectivity index (χ0n) is 11.1. The average Bonchev–Trinajstić information content (AvgIpc) is 2.30. The van der Waals surface area contributed by atoms with Crippen molar-refractivity contribution in [3.8, 4) is 0 Å². The van der Waals surface area contributed by atoms with Crippen LogP contribution in [0.15, 0.2) is 24.3 Å². The van der Waals surface area contributed by atoms with Gasteiger partial charge < -0.3 is 15.3 Å². The topological polar surface area (TPSA) is 81.7 Å². The van der Waals surface area contributed by atoms with Gasteiger partial charge in [-0.1, -0.05) is 12.1 Å². The number of nitrogens with one attached hydrogen (secondary N) is 2. The van der Waals surface area contributed by atoms with Crippen LogP contribution >= 0.6 is 0 Å². The fourth-order valence-electron chi connectivity index (χ4n) is 1.50. The summed E-state index contributed by atoms with van der Waals surface area (Å²) < 4.78 is 0. The molecule has 3 N–H and O–H groups in total. The highest BCUT2D eigenvalue weighted by Crippen LogP contribution is 2.09. The lowest BCUT2D eigenvalue weighted by atomic mass is 10.1. The second-order valence-corrected chi connectivity index (χ2v) is 4.46. The molecule has 0 radical (unpaired) electrons. The van der Waals surface area contributed by atoms with Gasteiger partial charge in [0.15, 0.2) is 0 Å². The molecule has 0 bridgehead atoms. The Hall–Kier alpha value is -2.08. The third-order valence-electron chi connectivity index (χ3n) is 2.45. The van der Waals surface area contributed by atoms with E-state index in [1.807, 2.05) is 19.0 Å². The van der Waals surface area contributed by atoms with Crippen LogP contribution in [-0.4, -0.2) is 49.2 Å². The van der Waals surface area contributed by atoms with Crippen LogP contribution in [0.5, 0.6) is 0 Å². The molecule has 6 nitrogen and oxygen atoms in total. The monoisotopic (exact) mass is 265 g/mol. The Balaban J connectivity index is 2.40. The molecule has 0 saturated heterocycles. The number of hydrogen-bond donors (Lipinski definition) is 3. The van der Waals surface area contributed by atoms with Gasteiger partial charge in [-0.15, -0.1) is 0 Å². The van der Waals surface area contributed by atoms with Gasteiger partial charge in [0.05, 0.1) is 6.42 Å². The van der Waals surface area contributed by atoms with Crippen molar-refractivity contribution < 1.29 is 14.7 Å². The fourth-order valence-corrected chi connectivity index (χ4v) is 1.50. The molecule has 0 spiro atoms. The van der Waals surface area contributed by atoms with Crippen LogP contribution in [-0.2, 0) is 11.2 Å². The smallest absolute Gasteiger partial charge is 0.409 e. The summed E-state index contributed by atoms with van der Waals surface area (Å²) in [6.07, 6.45) is -0.810. The van der Waals surface area contributed by atoms with Crippen LogP contribution in [0.1, 0.15) is 5.56 Å². The molecule has 1 aromatic rings. The molecule has 0 atom stereocenters. The number of amides is 2. The number of benzene rings is 1. The van der Waals surface area contributed by atoms with E-state index in [2.05, 4.69) is 10.6 Å². The highest BCUT2D eigenvalue weighted by Gasteiger charge is 2.04. The predicted molar refractivity (Wildman–Crippen MR) is 73.4 cm³/mol. The number of hydrogen-bond acceptors (Lipinski definition) is 3. The van der Waals surface area contributed by atoms with E-state index < -0.39 is 6.09 Å². The van der Waals surface area contributed by atoms with Crippen LogP contribution in [0.2, 0.25) is 0 Å². The maximum Gasteiger partial charge on any atom is 0.409 e. The number of carbonyl (C=O) groups is 2. The van der Waals surface area contributed by atoms with E-state index >= 15 is 0 Å². The molecule has 0 aliphatic carbocycles. The van der Waals surface area contributed by atoms with Gasteiger partial charge in [-0.3, -0.25) is 10.1 Å². The van der Waals surface area contributed by atoms with E-state index in [1.165, 1.54) is 0 Å².